The highest BCUT2D eigenvalue weighted by atomic mass is 35.5. The summed E-state index contributed by atoms with van der Waals surface area (Å²) in [5, 5.41) is 11.7. The van der Waals surface area contributed by atoms with Gasteiger partial charge in [0, 0.05) is 6.20 Å². The number of rotatable bonds is 1. The van der Waals surface area contributed by atoms with Crippen molar-refractivity contribution in [2.75, 3.05) is 0 Å². The molecule has 98 valence electrons. The Morgan fingerprint density at radius 2 is 2.11 bits per heavy atom. The molecule has 2 aromatic heterocycles. The smallest absolute Gasteiger partial charge is 0.237 e. The second-order valence-electron chi connectivity index (χ2n) is 3.73. The quantitative estimate of drug-likeness (QED) is 0.809. The van der Waals surface area contributed by atoms with Crippen LogP contribution < -0.4 is 0 Å². The zero-order valence-corrected chi connectivity index (χ0v) is 10.3. The SMILES string of the molecule is Cc1ccnc(-n2nc(C(F)(F)F)c(C#N)c2Cl)c1. The van der Waals surface area contributed by atoms with Gasteiger partial charge in [-0.3, -0.25) is 0 Å². The first-order valence-electron chi connectivity index (χ1n) is 5.03. The van der Waals surface area contributed by atoms with Crippen molar-refractivity contribution in [1.29, 1.82) is 5.26 Å². The number of hydrogen-bond donors (Lipinski definition) is 0. The van der Waals surface area contributed by atoms with Crippen LogP contribution in [-0.2, 0) is 6.18 Å². The minimum atomic E-state index is -4.75. The van der Waals surface area contributed by atoms with Crippen LogP contribution in [0.4, 0.5) is 13.2 Å². The van der Waals surface area contributed by atoms with Crippen molar-refractivity contribution in [3.63, 3.8) is 0 Å². The minimum absolute atomic E-state index is 0.122. The van der Waals surface area contributed by atoms with Gasteiger partial charge in [0.05, 0.1) is 0 Å². The monoisotopic (exact) mass is 286 g/mol. The summed E-state index contributed by atoms with van der Waals surface area (Å²) in [5.41, 5.74) is -1.25. The molecule has 0 aliphatic carbocycles. The third-order valence-corrected chi connectivity index (χ3v) is 2.68. The number of nitrogens with zero attached hydrogens (tertiary/aromatic N) is 4. The molecule has 0 aromatic carbocycles. The van der Waals surface area contributed by atoms with Crippen LogP contribution in [0.5, 0.6) is 0 Å². The second-order valence-corrected chi connectivity index (χ2v) is 4.09. The number of hydrogen-bond acceptors (Lipinski definition) is 3. The topological polar surface area (TPSA) is 54.5 Å². The number of pyridine rings is 1. The average molecular weight is 287 g/mol. The third kappa shape index (κ3) is 2.39. The van der Waals surface area contributed by atoms with E-state index in [1.165, 1.54) is 18.3 Å². The lowest BCUT2D eigenvalue weighted by molar-refractivity contribution is -0.141. The Morgan fingerprint density at radius 1 is 1.42 bits per heavy atom. The summed E-state index contributed by atoms with van der Waals surface area (Å²) in [6.07, 6.45) is -3.33. The van der Waals surface area contributed by atoms with Crippen molar-refractivity contribution >= 4 is 11.6 Å². The van der Waals surface area contributed by atoms with Crippen molar-refractivity contribution in [3.05, 3.63) is 40.3 Å². The summed E-state index contributed by atoms with van der Waals surface area (Å²) in [7, 11) is 0. The van der Waals surface area contributed by atoms with Gasteiger partial charge in [-0.2, -0.15) is 23.5 Å². The summed E-state index contributed by atoms with van der Waals surface area (Å²) in [6, 6.07) is 4.60. The summed E-state index contributed by atoms with van der Waals surface area (Å²) in [6.45, 7) is 1.75. The summed E-state index contributed by atoms with van der Waals surface area (Å²) < 4.78 is 39.0. The molecule has 4 nitrogen and oxygen atoms in total. The summed E-state index contributed by atoms with van der Waals surface area (Å²) in [4.78, 5) is 3.88. The van der Waals surface area contributed by atoms with Gasteiger partial charge in [-0.15, -0.1) is 0 Å². The Hall–Kier alpha value is -2.07. The van der Waals surface area contributed by atoms with Crippen LogP contribution in [0.15, 0.2) is 18.3 Å². The van der Waals surface area contributed by atoms with Crippen molar-refractivity contribution in [1.82, 2.24) is 14.8 Å². The highest BCUT2D eigenvalue weighted by Gasteiger charge is 2.39. The Balaban J connectivity index is 2.68. The Bertz CT molecular complexity index is 670. The Labute approximate surface area is 111 Å². The molecule has 0 unspecified atom stereocenters. The van der Waals surface area contributed by atoms with Crippen molar-refractivity contribution in [2.45, 2.75) is 13.1 Å². The van der Waals surface area contributed by atoms with Crippen LogP contribution in [0.25, 0.3) is 5.82 Å². The molecular weight excluding hydrogens is 281 g/mol. The van der Waals surface area contributed by atoms with E-state index >= 15 is 0 Å². The normalized spacial score (nSPS) is 11.4. The van der Waals surface area contributed by atoms with Crippen LogP contribution in [-0.4, -0.2) is 14.8 Å². The van der Waals surface area contributed by atoms with Crippen molar-refractivity contribution < 1.29 is 13.2 Å². The molecule has 0 amide bonds. The van der Waals surface area contributed by atoms with Gasteiger partial charge in [0.2, 0.25) is 0 Å². The lowest BCUT2D eigenvalue weighted by Gasteiger charge is -2.03. The Morgan fingerprint density at radius 3 is 2.58 bits per heavy atom. The first-order chi connectivity index (χ1) is 8.84. The molecule has 2 aromatic rings. The molecule has 0 saturated heterocycles. The van der Waals surface area contributed by atoms with Gasteiger partial charge in [-0.1, -0.05) is 11.6 Å². The molecule has 0 bridgehead atoms. The zero-order valence-electron chi connectivity index (χ0n) is 9.53. The molecule has 0 radical (unpaired) electrons. The number of aromatic nitrogens is 3. The third-order valence-electron chi connectivity index (χ3n) is 2.33. The lowest BCUT2D eigenvalue weighted by Crippen LogP contribution is -2.09. The van der Waals surface area contributed by atoms with E-state index in [1.807, 2.05) is 0 Å². The molecule has 0 spiro atoms. The van der Waals surface area contributed by atoms with Crippen LogP contribution >= 0.6 is 11.6 Å². The molecule has 0 saturated carbocycles. The van der Waals surface area contributed by atoms with E-state index in [9.17, 15) is 13.2 Å². The fourth-order valence-electron chi connectivity index (χ4n) is 1.48. The van der Waals surface area contributed by atoms with E-state index in [-0.39, 0.29) is 5.82 Å². The fourth-order valence-corrected chi connectivity index (χ4v) is 1.74. The molecule has 0 N–H and O–H groups in total. The number of nitriles is 1. The molecule has 8 heteroatoms. The average Bonchev–Trinajstić information content (AvgIpc) is 2.66. The van der Waals surface area contributed by atoms with Gasteiger partial charge in [-0.25, -0.2) is 9.67 Å². The second kappa shape index (κ2) is 4.55. The van der Waals surface area contributed by atoms with Gasteiger partial charge in [0.1, 0.15) is 11.6 Å². The van der Waals surface area contributed by atoms with Crippen LogP contribution in [0.2, 0.25) is 5.15 Å². The minimum Gasteiger partial charge on any atom is -0.237 e. The van der Waals surface area contributed by atoms with E-state index in [0.717, 1.165) is 10.2 Å². The maximum Gasteiger partial charge on any atom is 0.436 e. The first-order valence-corrected chi connectivity index (χ1v) is 5.41. The molecule has 19 heavy (non-hydrogen) atoms. The molecule has 0 aliphatic heterocycles. The summed E-state index contributed by atoms with van der Waals surface area (Å²) in [5.74, 6) is 0.122. The summed E-state index contributed by atoms with van der Waals surface area (Å²) >= 11 is 5.76. The van der Waals surface area contributed by atoms with Gasteiger partial charge in [0.15, 0.2) is 16.7 Å². The van der Waals surface area contributed by atoms with Gasteiger partial charge < -0.3 is 0 Å². The maximum absolute atomic E-state index is 12.7. The maximum atomic E-state index is 12.7. The molecule has 0 fully saturated rings. The fraction of sp³-hybridized carbons (Fsp3) is 0.182. The van der Waals surface area contributed by atoms with E-state index < -0.39 is 22.6 Å². The van der Waals surface area contributed by atoms with Crippen molar-refractivity contribution in [2.24, 2.45) is 0 Å². The van der Waals surface area contributed by atoms with E-state index in [1.54, 1.807) is 13.0 Å². The van der Waals surface area contributed by atoms with Crippen LogP contribution in [0.3, 0.4) is 0 Å². The number of aryl methyl sites for hydroxylation is 1. The van der Waals surface area contributed by atoms with Gasteiger partial charge in [-0.05, 0) is 24.6 Å². The zero-order chi connectivity index (χ0) is 14.2. The van der Waals surface area contributed by atoms with Crippen LogP contribution in [0.1, 0.15) is 16.8 Å². The molecule has 0 atom stereocenters. The standard InChI is InChI=1S/C11H6ClF3N4/c1-6-2-3-17-8(4-6)19-10(12)7(5-16)9(18-19)11(13,14)15/h2-4H,1H3. The number of alkyl halides is 3. The van der Waals surface area contributed by atoms with Gasteiger partial charge >= 0.3 is 6.18 Å². The molecule has 0 aliphatic rings. The predicted octanol–water partition coefficient (Wildman–Crippen LogP) is 3.12. The number of halogens is 4. The van der Waals surface area contributed by atoms with E-state index in [4.69, 9.17) is 16.9 Å². The molecule has 2 heterocycles. The highest BCUT2D eigenvalue weighted by Crippen LogP contribution is 2.34. The van der Waals surface area contributed by atoms with E-state index in [0.29, 0.717) is 0 Å². The largest absolute Gasteiger partial charge is 0.436 e. The first kappa shape index (κ1) is 13.4. The van der Waals surface area contributed by atoms with Crippen LogP contribution in [0, 0.1) is 18.3 Å². The van der Waals surface area contributed by atoms with E-state index in [2.05, 4.69) is 10.1 Å². The van der Waals surface area contributed by atoms with Crippen molar-refractivity contribution in [3.8, 4) is 11.9 Å². The predicted molar refractivity (Wildman–Crippen MR) is 60.8 cm³/mol. The molecule has 2 rings (SSSR count). The lowest BCUT2D eigenvalue weighted by atomic mass is 10.2. The van der Waals surface area contributed by atoms with Gasteiger partial charge in [0.25, 0.3) is 0 Å². The Kier molecular flexibility index (Phi) is 3.20. The molecular formula is C11H6ClF3N4. The highest BCUT2D eigenvalue weighted by molar-refractivity contribution is 6.31.